The first-order valence-corrected chi connectivity index (χ1v) is 21.0. The predicted molar refractivity (Wildman–Crippen MR) is 263 cm³/mol. The van der Waals surface area contributed by atoms with Gasteiger partial charge >= 0.3 is 0 Å². The van der Waals surface area contributed by atoms with Crippen molar-refractivity contribution in [1.29, 1.82) is 0 Å². The normalized spacial score (nSPS) is 19.0. The largest absolute Gasteiger partial charge is 0.278 e. The van der Waals surface area contributed by atoms with Crippen LogP contribution in [0, 0.1) is 0 Å². The molecule has 0 saturated carbocycles. The van der Waals surface area contributed by atoms with Crippen molar-refractivity contribution in [2.75, 3.05) is 0 Å². The summed E-state index contributed by atoms with van der Waals surface area (Å²) in [5, 5.41) is -3.63. The number of benzene rings is 9. The van der Waals surface area contributed by atoms with Gasteiger partial charge in [-0.3, -0.25) is 9.13 Å². The number of hydrogen-bond acceptors (Lipinski definition) is 3. The molecule has 0 amide bonds. The van der Waals surface area contributed by atoms with E-state index in [4.69, 9.17) is 39.6 Å². The van der Waals surface area contributed by atoms with E-state index < -0.39 is 260 Å². The van der Waals surface area contributed by atoms with E-state index in [1.54, 1.807) is 18.2 Å². The Balaban J connectivity index is 1.29. The smallest absolute Gasteiger partial charge is 0.240 e. The van der Waals surface area contributed by atoms with E-state index >= 15 is 0 Å². The molecule has 1 atom stereocenters. The van der Waals surface area contributed by atoms with Gasteiger partial charge in [0.15, 0.2) is 13.9 Å². The Morgan fingerprint density at radius 2 is 0.810 bits per heavy atom. The van der Waals surface area contributed by atoms with E-state index in [0.29, 0.717) is 0 Å². The van der Waals surface area contributed by atoms with Gasteiger partial charge in [-0.2, -0.15) is 15.0 Å². The van der Waals surface area contributed by atoms with E-state index in [2.05, 4.69) is 0 Å². The van der Waals surface area contributed by atoms with Gasteiger partial charge < -0.3 is 0 Å². The molecule has 0 aliphatic carbocycles. The van der Waals surface area contributed by atoms with Gasteiger partial charge in [0.25, 0.3) is 0 Å². The van der Waals surface area contributed by atoms with Crippen LogP contribution in [0.4, 0.5) is 0 Å². The molecule has 0 saturated heterocycles. The third kappa shape index (κ3) is 5.95. The highest BCUT2D eigenvalue weighted by Crippen LogP contribution is 2.34. The van der Waals surface area contributed by atoms with E-state index in [-0.39, 0.29) is 21.9 Å². The van der Waals surface area contributed by atoms with Crippen LogP contribution in [0.15, 0.2) is 236 Å². The molecule has 0 spiro atoms. The summed E-state index contributed by atoms with van der Waals surface area (Å²) >= 11 is 0. The summed E-state index contributed by atoms with van der Waals surface area (Å²) in [5.41, 5.74) is -2.37. The molecule has 3 heterocycles. The second-order valence-corrected chi connectivity index (χ2v) is 17.5. The third-order valence-electron chi connectivity index (χ3n) is 10.5. The van der Waals surface area contributed by atoms with Crippen LogP contribution >= 0.6 is 0 Å². The standard InChI is InChI=1S/C57H39N5Si/c1-4-19-40(20-5-1)42-21-18-26-46(39-42)63(43-22-6-2-7-23-43,44-24-8-3-9-25-44)45-37-35-41(36-38-45)55-58-56(61-51-31-14-10-27-47(51)48-28-11-15-32-52(48)61)60-57(59-55)62-53-33-16-12-29-49(53)50-30-13-17-34-54(50)62/h1-39H/i2D,3D,6D,7D,8D,9D,10D,11D,12D,13D,14D,15D,16D,17D,18D,21D,22D,23D,24D,26D,27D,28D,29D,30D,31D,32D,33D,34D,39D. The topological polar surface area (TPSA) is 48.5 Å². The van der Waals surface area contributed by atoms with Crippen molar-refractivity contribution in [3.8, 4) is 34.4 Å². The Morgan fingerprint density at radius 3 is 1.37 bits per heavy atom. The van der Waals surface area contributed by atoms with Crippen molar-refractivity contribution in [1.82, 2.24) is 24.1 Å². The lowest BCUT2D eigenvalue weighted by Crippen LogP contribution is -2.74. The van der Waals surface area contributed by atoms with Crippen molar-refractivity contribution >= 4 is 72.4 Å². The second kappa shape index (κ2) is 15.1. The van der Waals surface area contributed by atoms with Gasteiger partial charge in [-0.25, -0.2) is 0 Å². The zero-order valence-corrected chi connectivity index (χ0v) is 33.0. The molecular weight excluding hydrogens is 783 g/mol. The van der Waals surface area contributed by atoms with Crippen molar-refractivity contribution in [2.24, 2.45) is 0 Å². The Bertz CT molecular complexity index is 4980. The van der Waals surface area contributed by atoms with Crippen molar-refractivity contribution < 1.29 is 39.8 Å². The van der Waals surface area contributed by atoms with Crippen LogP contribution in [-0.2, 0) is 0 Å². The number of aromatic nitrogens is 5. The fraction of sp³-hybridized carbons (Fsp3) is 0. The summed E-state index contributed by atoms with van der Waals surface area (Å²) in [7, 11) is -5.49. The first kappa shape index (κ1) is 17.7. The van der Waals surface area contributed by atoms with Gasteiger partial charge in [-0.15, -0.1) is 0 Å². The Hall–Kier alpha value is -8.19. The van der Waals surface area contributed by atoms with Gasteiger partial charge in [0.2, 0.25) is 11.9 Å². The average Bonchev–Trinajstić information content (AvgIpc) is 0.980. The van der Waals surface area contributed by atoms with Gasteiger partial charge in [0.1, 0.15) is 0 Å². The van der Waals surface area contributed by atoms with Crippen LogP contribution in [0.25, 0.3) is 78.0 Å². The number of hydrogen-bond donors (Lipinski definition) is 0. The molecule has 0 N–H and O–H groups in total. The molecule has 6 heteroatoms. The Labute approximate surface area is 406 Å². The zero-order valence-electron chi connectivity index (χ0n) is 61.0. The lowest BCUT2D eigenvalue weighted by Gasteiger charge is -2.34. The molecule has 3 aromatic heterocycles. The molecule has 9 aromatic carbocycles. The van der Waals surface area contributed by atoms with Crippen LogP contribution in [0.2, 0.25) is 0 Å². The molecule has 0 fully saturated rings. The number of fused-ring (bicyclic) bond motifs is 6. The minimum Gasteiger partial charge on any atom is -0.278 e. The number of nitrogens with zero attached hydrogens (tertiary/aromatic N) is 5. The second-order valence-electron chi connectivity index (χ2n) is 13.8. The van der Waals surface area contributed by atoms with Gasteiger partial charge in [-0.05, 0) is 56.0 Å². The Morgan fingerprint density at radius 1 is 0.333 bits per heavy atom. The van der Waals surface area contributed by atoms with Gasteiger partial charge in [0, 0.05) is 27.1 Å². The van der Waals surface area contributed by atoms with E-state index in [0.717, 1.165) is 15.2 Å². The lowest BCUT2D eigenvalue weighted by molar-refractivity contribution is 0.893. The fourth-order valence-electron chi connectivity index (χ4n) is 7.83. The average molecular weight is 851 g/mol. The molecule has 5 nitrogen and oxygen atoms in total. The molecule has 0 radical (unpaired) electrons. The highest BCUT2D eigenvalue weighted by molar-refractivity contribution is 7.19. The Kier molecular flexibility index (Phi) is 4.22. The van der Waals surface area contributed by atoms with Crippen molar-refractivity contribution in [2.45, 2.75) is 0 Å². The summed E-state index contributed by atoms with van der Waals surface area (Å²) in [6, 6.07) is -10.2. The first-order chi connectivity index (χ1) is 43.3. The summed E-state index contributed by atoms with van der Waals surface area (Å²) in [5.74, 6) is -2.02. The van der Waals surface area contributed by atoms with Crippen LogP contribution < -0.4 is 20.7 Å². The van der Waals surface area contributed by atoms with Crippen molar-refractivity contribution in [3.05, 3.63) is 236 Å². The molecule has 0 bridgehead atoms. The molecule has 1 unspecified atom stereocenters. The molecule has 12 rings (SSSR count). The van der Waals surface area contributed by atoms with E-state index in [9.17, 15) is 15.1 Å². The first-order valence-electron chi connectivity index (χ1n) is 33.5. The quantitative estimate of drug-likeness (QED) is 0.113. The minimum atomic E-state index is -5.49. The zero-order chi connectivity index (χ0) is 67.0. The van der Waals surface area contributed by atoms with E-state index in [1.165, 1.54) is 36.4 Å². The maximum Gasteiger partial charge on any atom is 0.240 e. The lowest BCUT2D eigenvalue weighted by atomic mass is 10.1. The highest BCUT2D eigenvalue weighted by atomic mass is 28.3. The highest BCUT2D eigenvalue weighted by Gasteiger charge is 2.41. The monoisotopic (exact) mass is 850 g/mol. The molecule has 296 valence electrons. The molecular formula is C57H39N5Si. The molecule has 0 aliphatic rings. The number of rotatable bonds is 8. The number of para-hydroxylation sites is 4. The van der Waals surface area contributed by atoms with Crippen LogP contribution in [-0.4, -0.2) is 32.2 Å². The SMILES string of the molecule is [2H]c1cc([Si](c2ccc(-c3nc(-n4c5c([2H])c([2H])c([2H])c([2H])c5c5c([2H])c([2H])c([2H])c([2H])c54)nc(-n4c5c([2H])c([2H])c([2H])c([2H])c5c5c([2H])c([2H])c([2H])c([2H])c54)n3)cc2)(c2c([2H])c([2H])c([2H])c([2H])c2[2H])c2c([2H])c([2H])c([2H])c(-c3ccccc3)c2[2H])c([2H])c([2H])c1[2H]. The summed E-state index contributed by atoms with van der Waals surface area (Å²) < 4.78 is 266. The van der Waals surface area contributed by atoms with Gasteiger partial charge in [-0.1, -0.05) is 212 Å². The van der Waals surface area contributed by atoms with Gasteiger partial charge in [0.05, 0.1) is 61.8 Å². The molecule has 0 aliphatic heterocycles. The fourth-order valence-corrected chi connectivity index (χ4v) is 11.8. The maximum absolute atomic E-state index is 10.1. The predicted octanol–water partition coefficient (Wildman–Crippen LogP) is 10.8. The third-order valence-corrected chi connectivity index (χ3v) is 14.8. The summed E-state index contributed by atoms with van der Waals surface area (Å²) in [6.07, 6.45) is 0. The van der Waals surface area contributed by atoms with Crippen LogP contribution in [0.1, 0.15) is 39.8 Å². The van der Waals surface area contributed by atoms with Crippen LogP contribution in [0.5, 0.6) is 0 Å². The molecule has 12 aromatic rings. The van der Waals surface area contributed by atoms with E-state index in [1.807, 2.05) is 0 Å². The minimum absolute atomic E-state index is 0.164. The summed E-state index contributed by atoms with van der Waals surface area (Å²) in [4.78, 5) is 14.3. The maximum atomic E-state index is 10.1. The molecule has 63 heavy (non-hydrogen) atoms. The van der Waals surface area contributed by atoms with Crippen molar-refractivity contribution in [3.63, 3.8) is 0 Å². The van der Waals surface area contributed by atoms with Crippen LogP contribution in [0.3, 0.4) is 0 Å². The summed E-state index contributed by atoms with van der Waals surface area (Å²) in [6.45, 7) is 0.